The van der Waals surface area contributed by atoms with E-state index in [2.05, 4.69) is 13.8 Å². The SMILES string of the molecule is CO[Si](CCC(C)SSSSSC(C)CC[Si](OC)(OC)OC)(OC)OC. The van der Waals surface area contributed by atoms with Crippen LogP contribution in [-0.2, 0) is 26.6 Å². The highest BCUT2D eigenvalue weighted by molar-refractivity contribution is 9.35. The third kappa shape index (κ3) is 11.8. The Morgan fingerprint density at radius 2 is 0.852 bits per heavy atom. The van der Waals surface area contributed by atoms with Gasteiger partial charge in [-0.2, -0.15) is 0 Å². The fourth-order valence-corrected chi connectivity index (χ4v) is 16.2. The Bertz CT molecular complexity index is 318. The van der Waals surface area contributed by atoms with Gasteiger partial charge in [0.05, 0.1) is 0 Å². The summed E-state index contributed by atoms with van der Waals surface area (Å²) >= 11 is 0. The van der Waals surface area contributed by atoms with Crippen molar-refractivity contribution >= 4 is 68.7 Å². The van der Waals surface area contributed by atoms with Crippen LogP contribution in [0.3, 0.4) is 0 Å². The molecule has 0 bridgehead atoms. The molecule has 27 heavy (non-hydrogen) atoms. The third-order valence-corrected chi connectivity index (χ3v) is 19.2. The second-order valence-electron chi connectivity index (χ2n) is 5.69. The van der Waals surface area contributed by atoms with E-state index in [1.165, 1.54) is 0 Å². The molecule has 0 saturated carbocycles. The maximum absolute atomic E-state index is 5.47. The van der Waals surface area contributed by atoms with Gasteiger partial charge < -0.3 is 26.6 Å². The van der Waals surface area contributed by atoms with E-state index in [-0.39, 0.29) is 0 Å². The van der Waals surface area contributed by atoms with Crippen LogP contribution in [0.4, 0.5) is 0 Å². The van der Waals surface area contributed by atoms with Crippen LogP contribution in [0, 0.1) is 0 Å². The van der Waals surface area contributed by atoms with Crippen LogP contribution in [0.25, 0.3) is 0 Å². The van der Waals surface area contributed by atoms with Gasteiger partial charge in [0.15, 0.2) is 0 Å². The Balaban J connectivity index is 3.89. The summed E-state index contributed by atoms with van der Waals surface area (Å²) in [6.07, 6.45) is 2.01. The van der Waals surface area contributed by atoms with E-state index in [0.29, 0.717) is 10.5 Å². The molecule has 0 spiro atoms. The fraction of sp³-hybridized carbons (Fsp3) is 1.00. The molecule has 164 valence electrons. The molecule has 2 atom stereocenters. The van der Waals surface area contributed by atoms with Crippen molar-refractivity contribution in [1.82, 2.24) is 0 Å². The van der Waals surface area contributed by atoms with Crippen molar-refractivity contribution in [1.29, 1.82) is 0 Å². The molecule has 6 nitrogen and oxygen atoms in total. The monoisotopic (exact) mass is 514 g/mol. The van der Waals surface area contributed by atoms with Gasteiger partial charge in [-0.3, -0.25) is 0 Å². The molecule has 0 aromatic rings. The topological polar surface area (TPSA) is 55.4 Å². The molecule has 0 aromatic carbocycles. The van der Waals surface area contributed by atoms with Gasteiger partial charge in [-0.05, 0) is 42.3 Å². The summed E-state index contributed by atoms with van der Waals surface area (Å²) in [4.78, 5) is 0. The largest absolute Gasteiger partial charge is 0.500 e. The molecule has 0 amide bonds. The Morgan fingerprint density at radius 1 is 0.556 bits per heavy atom. The van der Waals surface area contributed by atoms with Crippen LogP contribution >= 0.6 is 51.1 Å². The van der Waals surface area contributed by atoms with E-state index in [1.807, 2.05) is 41.2 Å². The fourth-order valence-electron chi connectivity index (χ4n) is 2.15. The van der Waals surface area contributed by atoms with Gasteiger partial charge in [-0.1, -0.05) is 35.4 Å². The minimum absolute atomic E-state index is 0.509. The van der Waals surface area contributed by atoms with E-state index in [4.69, 9.17) is 26.6 Å². The summed E-state index contributed by atoms with van der Waals surface area (Å²) < 4.78 is 32.8. The van der Waals surface area contributed by atoms with Gasteiger partial charge in [0.25, 0.3) is 0 Å². The highest BCUT2D eigenvalue weighted by Crippen LogP contribution is 2.52. The second kappa shape index (κ2) is 16.6. The predicted molar refractivity (Wildman–Crippen MR) is 129 cm³/mol. The Hall–Kier alpha value is 1.94. The van der Waals surface area contributed by atoms with E-state index < -0.39 is 17.6 Å². The Labute approximate surface area is 186 Å². The Morgan fingerprint density at radius 3 is 1.11 bits per heavy atom. The van der Waals surface area contributed by atoms with E-state index in [9.17, 15) is 0 Å². The van der Waals surface area contributed by atoms with Gasteiger partial charge in [0.2, 0.25) is 0 Å². The van der Waals surface area contributed by atoms with E-state index >= 15 is 0 Å². The zero-order chi connectivity index (χ0) is 20.8. The molecule has 0 aromatic heterocycles. The van der Waals surface area contributed by atoms with Crippen molar-refractivity contribution in [3.63, 3.8) is 0 Å². The Kier molecular flexibility index (Phi) is 17.8. The average Bonchev–Trinajstić information content (AvgIpc) is 2.70. The molecule has 0 fully saturated rings. The van der Waals surface area contributed by atoms with Crippen molar-refractivity contribution in [2.45, 2.75) is 49.3 Å². The number of hydrogen-bond donors (Lipinski definition) is 0. The molecular weight excluding hydrogens is 481 g/mol. The molecule has 0 N–H and O–H groups in total. The van der Waals surface area contributed by atoms with Crippen LogP contribution in [0.2, 0.25) is 12.1 Å². The molecule has 13 heteroatoms. The summed E-state index contributed by atoms with van der Waals surface area (Å²) in [6, 6.07) is 1.66. The molecule has 0 saturated heterocycles. The summed E-state index contributed by atoms with van der Waals surface area (Å²) in [6.45, 7) is 4.45. The lowest BCUT2D eigenvalue weighted by atomic mass is 10.4. The molecule has 2 unspecified atom stereocenters. The zero-order valence-corrected chi connectivity index (χ0v) is 23.6. The van der Waals surface area contributed by atoms with E-state index in [0.717, 1.165) is 24.9 Å². The maximum atomic E-state index is 5.47. The summed E-state index contributed by atoms with van der Waals surface area (Å²) in [5.74, 6) is 0. The van der Waals surface area contributed by atoms with Gasteiger partial charge in [0.1, 0.15) is 0 Å². The number of hydrogen-bond acceptors (Lipinski definition) is 11. The van der Waals surface area contributed by atoms with E-state index in [1.54, 1.807) is 52.5 Å². The summed E-state index contributed by atoms with van der Waals surface area (Å²) in [5.41, 5.74) is 0. The van der Waals surface area contributed by atoms with Gasteiger partial charge in [-0.25, -0.2) is 0 Å². The summed E-state index contributed by atoms with van der Waals surface area (Å²) in [7, 11) is 14.3. The van der Waals surface area contributed by atoms with Crippen molar-refractivity contribution in [3.05, 3.63) is 0 Å². The molecule has 0 heterocycles. The standard InChI is InChI=1S/C14H34O6S5Si2/c1-13(9-11-26(15-3,16-4)17-5)21-23-25-24-22-14(2)10-12-27(18-6,19-7)20-8/h13-14H,9-12H2,1-8H3. The van der Waals surface area contributed by atoms with Crippen molar-refractivity contribution in [2.24, 2.45) is 0 Å². The minimum Gasteiger partial charge on any atom is -0.377 e. The first-order valence-corrected chi connectivity index (χ1v) is 18.6. The van der Waals surface area contributed by atoms with Crippen LogP contribution in [0.1, 0.15) is 26.7 Å². The summed E-state index contributed by atoms with van der Waals surface area (Å²) in [5, 5.41) is 1.02. The average molecular weight is 515 g/mol. The lowest BCUT2D eigenvalue weighted by Crippen LogP contribution is -2.43. The van der Waals surface area contributed by atoms with Gasteiger partial charge >= 0.3 is 17.6 Å². The molecular formula is C14H34O6S5Si2. The molecule has 0 aliphatic heterocycles. The lowest BCUT2D eigenvalue weighted by Gasteiger charge is -2.25. The van der Waals surface area contributed by atoms with Gasteiger partial charge in [-0.15, -0.1) is 0 Å². The maximum Gasteiger partial charge on any atom is 0.500 e. The minimum atomic E-state index is -2.45. The second-order valence-corrected chi connectivity index (χ2v) is 20.3. The first kappa shape index (κ1) is 28.9. The highest BCUT2D eigenvalue weighted by atomic mass is 33.8. The van der Waals surface area contributed by atoms with Crippen molar-refractivity contribution in [3.8, 4) is 0 Å². The van der Waals surface area contributed by atoms with Crippen LogP contribution < -0.4 is 0 Å². The highest BCUT2D eigenvalue weighted by Gasteiger charge is 2.38. The van der Waals surface area contributed by atoms with Crippen LogP contribution in [0.15, 0.2) is 0 Å². The van der Waals surface area contributed by atoms with Crippen molar-refractivity contribution in [2.75, 3.05) is 42.7 Å². The third-order valence-electron chi connectivity index (χ3n) is 4.04. The molecule has 0 aliphatic rings. The quantitative estimate of drug-likeness (QED) is 0.130. The zero-order valence-electron chi connectivity index (χ0n) is 17.5. The molecule has 0 rings (SSSR count). The molecule has 0 aliphatic carbocycles. The molecule has 0 radical (unpaired) electrons. The number of rotatable bonds is 18. The van der Waals surface area contributed by atoms with Gasteiger partial charge in [0, 0.05) is 65.2 Å². The smallest absolute Gasteiger partial charge is 0.377 e. The first-order valence-electron chi connectivity index (χ1n) is 8.49. The normalized spacial score (nSPS) is 15.1. The first-order chi connectivity index (χ1) is 12.9. The van der Waals surface area contributed by atoms with Crippen LogP contribution in [-0.4, -0.2) is 70.8 Å². The van der Waals surface area contributed by atoms with Crippen LogP contribution in [0.5, 0.6) is 0 Å². The van der Waals surface area contributed by atoms with Crippen molar-refractivity contribution < 1.29 is 26.6 Å². The lowest BCUT2D eigenvalue weighted by molar-refractivity contribution is 0.122. The predicted octanol–water partition coefficient (Wildman–Crippen LogP) is 5.63.